The predicted octanol–water partition coefficient (Wildman–Crippen LogP) is 0.597. The number of benzene rings is 1. The molecule has 0 spiro atoms. The van der Waals surface area contributed by atoms with Crippen molar-refractivity contribution < 1.29 is 23.9 Å². The van der Waals surface area contributed by atoms with Crippen molar-refractivity contribution in [1.82, 2.24) is 16.0 Å². The molecule has 0 aliphatic rings. The van der Waals surface area contributed by atoms with Crippen LogP contribution in [0.5, 0.6) is 0 Å². The van der Waals surface area contributed by atoms with Crippen molar-refractivity contribution >= 4 is 47.1 Å². The van der Waals surface area contributed by atoms with Crippen molar-refractivity contribution in [3.8, 4) is 0 Å². The highest BCUT2D eigenvalue weighted by Crippen LogP contribution is 2.15. The van der Waals surface area contributed by atoms with Gasteiger partial charge in [0.05, 0.1) is 17.1 Å². The van der Waals surface area contributed by atoms with Crippen molar-refractivity contribution in [3.05, 3.63) is 34.9 Å². The van der Waals surface area contributed by atoms with Gasteiger partial charge in [0.2, 0.25) is 5.91 Å². The largest absolute Gasteiger partial charge is 0.454 e. The van der Waals surface area contributed by atoms with Crippen molar-refractivity contribution in [2.75, 3.05) is 32.2 Å². The van der Waals surface area contributed by atoms with Crippen LogP contribution in [0, 0.1) is 0 Å². The van der Waals surface area contributed by atoms with E-state index in [1.54, 1.807) is 24.3 Å². The number of rotatable bonds is 10. The number of nitrogens with one attached hydrogen (secondary N) is 3. The van der Waals surface area contributed by atoms with Crippen LogP contribution >= 0.6 is 23.4 Å². The number of likely N-dealkylation sites (N-methyl/N-ethyl adjacent to an activating group) is 1. The van der Waals surface area contributed by atoms with Gasteiger partial charge in [0.1, 0.15) is 6.04 Å². The molecule has 0 unspecified atom stereocenters. The number of thioether (sulfide) groups is 1. The van der Waals surface area contributed by atoms with Gasteiger partial charge in [-0.3, -0.25) is 14.4 Å². The van der Waals surface area contributed by atoms with Crippen LogP contribution in [0.2, 0.25) is 5.02 Å². The summed E-state index contributed by atoms with van der Waals surface area (Å²) in [5, 5.41) is 7.50. The van der Waals surface area contributed by atoms with Crippen molar-refractivity contribution in [2.24, 2.45) is 0 Å². The Morgan fingerprint density at radius 1 is 1.19 bits per heavy atom. The minimum absolute atomic E-state index is 0.216. The second kappa shape index (κ2) is 12.2. The number of amides is 3. The number of esters is 1. The molecule has 0 saturated carbocycles. The van der Waals surface area contributed by atoms with Gasteiger partial charge in [0.25, 0.3) is 11.8 Å². The SMILES string of the molecule is CNC(=O)CNC(=O)COC(=O)[C@H](CCSC)NC(=O)c1ccccc1Cl. The fourth-order valence-electron chi connectivity index (χ4n) is 1.92. The van der Waals surface area contributed by atoms with E-state index in [-0.39, 0.29) is 23.0 Å². The Kier molecular flexibility index (Phi) is 10.3. The number of carbonyl (C=O) groups excluding carboxylic acids is 4. The molecule has 0 fully saturated rings. The third-order valence-electron chi connectivity index (χ3n) is 3.39. The van der Waals surface area contributed by atoms with E-state index in [9.17, 15) is 19.2 Å². The zero-order chi connectivity index (χ0) is 20.2. The molecule has 0 aromatic heterocycles. The first-order chi connectivity index (χ1) is 12.9. The molecule has 148 valence electrons. The lowest BCUT2D eigenvalue weighted by molar-refractivity contribution is -0.150. The van der Waals surface area contributed by atoms with Gasteiger partial charge in [-0.25, -0.2) is 4.79 Å². The van der Waals surface area contributed by atoms with Crippen molar-refractivity contribution in [3.63, 3.8) is 0 Å². The smallest absolute Gasteiger partial charge is 0.329 e. The van der Waals surface area contributed by atoms with E-state index in [4.69, 9.17) is 16.3 Å². The maximum atomic E-state index is 12.4. The molecule has 8 nitrogen and oxygen atoms in total. The summed E-state index contributed by atoms with van der Waals surface area (Å²) < 4.78 is 4.96. The monoisotopic (exact) mass is 415 g/mol. The number of ether oxygens (including phenoxy) is 1. The van der Waals surface area contributed by atoms with Crippen LogP contribution in [0.25, 0.3) is 0 Å². The maximum absolute atomic E-state index is 12.4. The van der Waals surface area contributed by atoms with Crippen LogP contribution in [0.1, 0.15) is 16.8 Å². The van der Waals surface area contributed by atoms with E-state index in [0.717, 1.165) is 0 Å². The average Bonchev–Trinajstić information content (AvgIpc) is 2.67. The predicted molar refractivity (Wildman–Crippen MR) is 104 cm³/mol. The molecule has 27 heavy (non-hydrogen) atoms. The van der Waals surface area contributed by atoms with Crippen molar-refractivity contribution in [2.45, 2.75) is 12.5 Å². The van der Waals surface area contributed by atoms with E-state index < -0.39 is 30.4 Å². The molecular formula is C17H22ClN3O5S. The Morgan fingerprint density at radius 2 is 1.89 bits per heavy atom. The molecule has 1 rings (SSSR count). The highest BCUT2D eigenvalue weighted by Gasteiger charge is 2.24. The summed E-state index contributed by atoms with van der Waals surface area (Å²) in [5.41, 5.74) is 0.240. The molecule has 1 atom stereocenters. The first-order valence-corrected chi connectivity index (χ1v) is 9.84. The summed E-state index contributed by atoms with van der Waals surface area (Å²) in [6, 6.07) is 5.54. The molecule has 0 radical (unpaired) electrons. The number of hydrogen-bond acceptors (Lipinski definition) is 6. The Morgan fingerprint density at radius 3 is 2.52 bits per heavy atom. The fraction of sp³-hybridized carbons (Fsp3) is 0.412. The quantitative estimate of drug-likeness (QED) is 0.482. The molecule has 10 heteroatoms. The minimum atomic E-state index is -0.923. The Balaban J connectivity index is 2.63. The van der Waals surface area contributed by atoms with Gasteiger partial charge in [-0.05, 0) is 30.6 Å². The molecule has 0 saturated heterocycles. The van der Waals surface area contributed by atoms with Crippen molar-refractivity contribution in [1.29, 1.82) is 0 Å². The zero-order valence-electron chi connectivity index (χ0n) is 15.0. The lowest BCUT2D eigenvalue weighted by atomic mass is 10.1. The summed E-state index contributed by atoms with van der Waals surface area (Å²) in [6.45, 7) is -0.764. The molecule has 0 aliphatic heterocycles. The Hall–Kier alpha value is -2.26. The summed E-state index contributed by atoms with van der Waals surface area (Å²) in [7, 11) is 1.44. The molecule has 0 heterocycles. The van der Waals surface area contributed by atoms with E-state index in [2.05, 4.69) is 16.0 Å². The van der Waals surface area contributed by atoms with Gasteiger partial charge < -0.3 is 20.7 Å². The van der Waals surface area contributed by atoms with Crippen LogP contribution in [-0.2, 0) is 19.1 Å². The molecule has 1 aromatic rings. The van der Waals surface area contributed by atoms with E-state index in [1.807, 2.05) is 6.26 Å². The van der Waals surface area contributed by atoms with E-state index >= 15 is 0 Å². The first kappa shape index (κ1) is 22.8. The number of carbonyl (C=O) groups is 4. The summed E-state index contributed by atoms with van der Waals surface area (Å²) in [6.07, 6.45) is 2.19. The van der Waals surface area contributed by atoms with Gasteiger partial charge in [-0.15, -0.1) is 0 Å². The Labute approximate surface area is 166 Å². The first-order valence-electron chi connectivity index (χ1n) is 8.07. The van der Waals surface area contributed by atoms with Crippen LogP contribution in [0.4, 0.5) is 0 Å². The van der Waals surface area contributed by atoms with Crippen LogP contribution in [-0.4, -0.2) is 61.9 Å². The molecule has 0 aliphatic carbocycles. The topological polar surface area (TPSA) is 114 Å². The highest BCUT2D eigenvalue weighted by molar-refractivity contribution is 7.98. The maximum Gasteiger partial charge on any atom is 0.329 e. The summed E-state index contributed by atoms with van der Waals surface area (Å²) in [5.74, 6) is -1.63. The van der Waals surface area contributed by atoms with Gasteiger partial charge >= 0.3 is 5.97 Å². The zero-order valence-corrected chi connectivity index (χ0v) is 16.6. The Bertz CT molecular complexity index is 686. The lowest BCUT2D eigenvalue weighted by Crippen LogP contribution is -2.44. The fourth-order valence-corrected chi connectivity index (χ4v) is 2.61. The summed E-state index contributed by atoms with van der Waals surface area (Å²) in [4.78, 5) is 47.3. The minimum Gasteiger partial charge on any atom is -0.454 e. The molecule has 3 N–H and O–H groups in total. The van der Waals surface area contributed by atoms with E-state index in [1.165, 1.54) is 18.8 Å². The third kappa shape index (κ3) is 8.31. The normalized spacial score (nSPS) is 11.2. The lowest BCUT2D eigenvalue weighted by Gasteiger charge is -2.17. The second-order valence-corrected chi connectivity index (χ2v) is 6.74. The molecular weight excluding hydrogens is 394 g/mol. The summed E-state index contributed by atoms with van der Waals surface area (Å²) >= 11 is 7.50. The highest BCUT2D eigenvalue weighted by atomic mass is 35.5. The molecule has 0 bridgehead atoms. The van der Waals surface area contributed by atoms with Crippen LogP contribution in [0.15, 0.2) is 24.3 Å². The molecule has 3 amide bonds. The third-order valence-corrected chi connectivity index (χ3v) is 4.36. The second-order valence-electron chi connectivity index (χ2n) is 5.34. The van der Waals surface area contributed by atoms with Gasteiger partial charge in [-0.1, -0.05) is 23.7 Å². The number of halogens is 1. The van der Waals surface area contributed by atoms with Gasteiger partial charge in [-0.2, -0.15) is 11.8 Å². The van der Waals surface area contributed by atoms with Crippen LogP contribution in [0.3, 0.4) is 0 Å². The van der Waals surface area contributed by atoms with E-state index in [0.29, 0.717) is 12.2 Å². The van der Waals surface area contributed by atoms with Crippen LogP contribution < -0.4 is 16.0 Å². The average molecular weight is 416 g/mol. The van der Waals surface area contributed by atoms with Gasteiger partial charge in [0.15, 0.2) is 6.61 Å². The molecule has 1 aromatic carbocycles. The van der Waals surface area contributed by atoms with Gasteiger partial charge in [0, 0.05) is 7.05 Å². The standard InChI is InChI=1S/C17H22ClN3O5S/c1-19-14(22)9-20-15(23)10-26-17(25)13(7-8-27-2)21-16(24)11-5-3-4-6-12(11)18/h3-6,13H,7-10H2,1-2H3,(H,19,22)(H,20,23)(H,21,24)/t13-/m0/s1. The number of hydrogen-bond donors (Lipinski definition) is 3.